The first kappa shape index (κ1) is 16.9. The summed E-state index contributed by atoms with van der Waals surface area (Å²) < 4.78 is 8.23. The minimum Gasteiger partial charge on any atom is -0.494 e. The van der Waals surface area contributed by atoms with Gasteiger partial charge in [0, 0.05) is 46.7 Å². The molecule has 2 aromatic carbocycles. The molecule has 0 aliphatic heterocycles. The van der Waals surface area contributed by atoms with Crippen LogP contribution in [0.1, 0.15) is 25.8 Å². The van der Waals surface area contributed by atoms with Crippen LogP contribution in [0, 0.1) is 6.92 Å². The highest BCUT2D eigenvalue weighted by molar-refractivity contribution is 6.14. The molecule has 0 unspecified atom stereocenters. The zero-order valence-corrected chi connectivity index (χ0v) is 15.8. The van der Waals surface area contributed by atoms with Gasteiger partial charge in [0.15, 0.2) is 0 Å². The molecule has 4 aromatic rings. The maximum Gasteiger partial charge on any atom is 0.120 e. The van der Waals surface area contributed by atoms with E-state index in [9.17, 15) is 0 Å². The average molecular weight is 347 g/mol. The molecule has 0 atom stereocenters. The summed E-state index contributed by atoms with van der Waals surface area (Å²) in [6.45, 7) is 6.84. The Morgan fingerprint density at radius 3 is 2.69 bits per heavy atom. The maximum absolute atomic E-state index is 6.05. The fourth-order valence-electron chi connectivity index (χ4n) is 3.72. The van der Waals surface area contributed by atoms with Crippen LogP contribution in [0.25, 0.3) is 32.6 Å². The Balaban J connectivity index is 1.85. The summed E-state index contributed by atoms with van der Waals surface area (Å²) in [5.41, 5.74) is 9.58. The van der Waals surface area contributed by atoms with Crippen molar-refractivity contribution in [3.05, 3.63) is 48.3 Å². The molecular weight excluding hydrogens is 322 g/mol. The molecule has 4 heteroatoms. The third kappa shape index (κ3) is 2.80. The second kappa shape index (κ2) is 5.99. The fourth-order valence-corrected chi connectivity index (χ4v) is 3.72. The van der Waals surface area contributed by atoms with Gasteiger partial charge in [0.25, 0.3) is 0 Å². The van der Waals surface area contributed by atoms with Gasteiger partial charge in [0.1, 0.15) is 5.75 Å². The number of ether oxygens (including phenoxy) is 1. The first-order chi connectivity index (χ1) is 12.3. The highest BCUT2D eigenvalue weighted by Gasteiger charge is 2.14. The van der Waals surface area contributed by atoms with E-state index in [1.165, 1.54) is 38.1 Å². The zero-order chi connectivity index (χ0) is 18.5. The SMILES string of the molecule is Cc1c2ccncc2cc2c3cc(OCCC(C)(C)N)ccc3n(C)c12. The molecule has 0 bridgehead atoms. The summed E-state index contributed by atoms with van der Waals surface area (Å²) in [6.07, 6.45) is 4.61. The lowest BCUT2D eigenvalue weighted by Crippen LogP contribution is -2.33. The number of nitrogens with zero attached hydrogens (tertiary/aromatic N) is 2. The Kier molecular flexibility index (Phi) is 3.88. The Morgan fingerprint density at radius 1 is 1.12 bits per heavy atom. The fraction of sp³-hybridized carbons (Fsp3) is 0.318. The number of benzene rings is 2. The number of hydrogen-bond acceptors (Lipinski definition) is 3. The van der Waals surface area contributed by atoms with Crippen molar-refractivity contribution in [1.29, 1.82) is 0 Å². The molecule has 0 aliphatic carbocycles. The average Bonchev–Trinajstić information content (AvgIpc) is 2.86. The van der Waals surface area contributed by atoms with Crippen LogP contribution in [-0.2, 0) is 7.05 Å². The van der Waals surface area contributed by atoms with Crippen molar-refractivity contribution in [1.82, 2.24) is 9.55 Å². The molecular formula is C22H25N3O. The third-order valence-corrected chi connectivity index (χ3v) is 5.14. The van der Waals surface area contributed by atoms with Crippen molar-refractivity contribution in [2.24, 2.45) is 12.8 Å². The van der Waals surface area contributed by atoms with E-state index in [1.54, 1.807) is 0 Å². The van der Waals surface area contributed by atoms with Gasteiger partial charge in [0.2, 0.25) is 0 Å². The van der Waals surface area contributed by atoms with Crippen molar-refractivity contribution in [3.8, 4) is 5.75 Å². The normalized spacial score (nSPS) is 12.3. The van der Waals surface area contributed by atoms with Gasteiger partial charge in [-0.3, -0.25) is 4.98 Å². The van der Waals surface area contributed by atoms with Gasteiger partial charge in [-0.1, -0.05) is 0 Å². The Morgan fingerprint density at radius 2 is 1.92 bits per heavy atom. The van der Waals surface area contributed by atoms with Crippen LogP contribution in [0.5, 0.6) is 5.75 Å². The van der Waals surface area contributed by atoms with Crippen LogP contribution in [0.3, 0.4) is 0 Å². The maximum atomic E-state index is 6.05. The molecule has 4 nitrogen and oxygen atoms in total. The summed E-state index contributed by atoms with van der Waals surface area (Å²) >= 11 is 0. The summed E-state index contributed by atoms with van der Waals surface area (Å²) in [6, 6.07) is 10.6. The highest BCUT2D eigenvalue weighted by atomic mass is 16.5. The monoisotopic (exact) mass is 347 g/mol. The van der Waals surface area contributed by atoms with E-state index in [2.05, 4.69) is 47.8 Å². The number of rotatable bonds is 4. The quantitative estimate of drug-likeness (QED) is 0.582. The molecule has 0 aliphatic rings. The van der Waals surface area contributed by atoms with Crippen LogP contribution in [0.2, 0.25) is 0 Å². The lowest BCUT2D eigenvalue weighted by Gasteiger charge is -2.18. The van der Waals surface area contributed by atoms with E-state index in [1.807, 2.05) is 32.3 Å². The van der Waals surface area contributed by atoms with Gasteiger partial charge in [-0.25, -0.2) is 0 Å². The van der Waals surface area contributed by atoms with Gasteiger partial charge in [-0.15, -0.1) is 0 Å². The number of aryl methyl sites for hydroxylation is 2. The minimum absolute atomic E-state index is 0.216. The van der Waals surface area contributed by atoms with Gasteiger partial charge in [0.05, 0.1) is 12.1 Å². The smallest absolute Gasteiger partial charge is 0.120 e. The van der Waals surface area contributed by atoms with Gasteiger partial charge < -0.3 is 15.0 Å². The summed E-state index contributed by atoms with van der Waals surface area (Å²) in [5, 5.41) is 4.87. The molecule has 0 saturated carbocycles. The second-order valence-corrected chi connectivity index (χ2v) is 7.82. The van der Waals surface area contributed by atoms with Crippen molar-refractivity contribution in [2.75, 3.05) is 6.61 Å². The highest BCUT2D eigenvalue weighted by Crippen LogP contribution is 2.36. The molecule has 2 aromatic heterocycles. The van der Waals surface area contributed by atoms with Crippen LogP contribution in [0.15, 0.2) is 42.7 Å². The molecule has 134 valence electrons. The molecule has 0 fully saturated rings. The molecule has 2 N–H and O–H groups in total. The molecule has 0 spiro atoms. The zero-order valence-electron chi connectivity index (χ0n) is 15.8. The van der Waals surface area contributed by atoms with Crippen molar-refractivity contribution < 1.29 is 4.74 Å². The van der Waals surface area contributed by atoms with Gasteiger partial charge >= 0.3 is 0 Å². The van der Waals surface area contributed by atoms with Crippen LogP contribution >= 0.6 is 0 Å². The van der Waals surface area contributed by atoms with E-state index in [0.29, 0.717) is 6.61 Å². The third-order valence-electron chi connectivity index (χ3n) is 5.14. The number of pyridine rings is 1. The van der Waals surface area contributed by atoms with Crippen LogP contribution in [-0.4, -0.2) is 21.7 Å². The molecule has 2 heterocycles. The van der Waals surface area contributed by atoms with Gasteiger partial charge in [-0.05, 0) is 68.5 Å². The predicted octanol–water partition coefficient (Wildman–Crippen LogP) is 4.69. The Labute approximate surface area is 153 Å². The number of aromatic nitrogens is 2. The van der Waals surface area contributed by atoms with E-state index >= 15 is 0 Å². The van der Waals surface area contributed by atoms with E-state index in [4.69, 9.17) is 10.5 Å². The van der Waals surface area contributed by atoms with E-state index in [0.717, 1.165) is 12.2 Å². The van der Waals surface area contributed by atoms with Crippen molar-refractivity contribution in [2.45, 2.75) is 32.7 Å². The van der Waals surface area contributed by atoms with E-state index < -0.39 is 0 Å². The lowest BCUT2D eigenvalue weighted by atomic mass is 10.0. The minimum atomic E-state index is -0.216. The van der Waals surface area contributed by atoms with E-state index in [-0.39, 0.29) is 5.54 Å². The first-order valence-electron chi connectivity index (χ1n) is 9.02. The van der Waals surface area contributed by atoms with Crippen LogP contribution in [0.4, 0.5) is 0 Å². The summed E-state index contributed by atoms with van der Waals surface area (Å²) in [5.74, 6) is 0.887. The summed E-state index contributed by atoms with van der Waals surface area (Å²) in [7, 11) is 2.13. The predicted molar refractivity (Wildman–Crippen MR) is 109 cm³/mol. The van der Waals surface area contributed by atoms with Gasteiger partial charge in [-0.2, -0.15) is 0 Å². The lowest BCUT2D eigenvalue weighted by molar-refractivity contribution is 0.274. The second-order valence-electron chi connectivity index (χ2n) is 7.82. The molecule has 0 radical (unpaired) electrons. The topological polar surface area (TPSA) is 53.1 Å². The first-order valence-corrected chi connectivity index (χ1v) is 9.02. The number of fused-ring (bicyclic) bond motifs is 4. The van der Waals surface area contributed by atoms with Crippen LogP contribution < -0.4 is 10.5 Å². The number of hydrogen-bond donors (Lipinski definition) is 1. The Hall–Kier alpha value is -2.59. The van der Waals surface area contributed by atoms with Crippen molar-refractivity contribution >= 4 is 32.6 Å². The summed E-state index contributed by atoms with van der Waals surface area (Å²) in [4.78, 5) is 4.29. The molecule has 4 rings (SSSR count). The molecule has 0 saturated heterocycles. The molecule has 0 amide bonds. The number of nitrogens with two attached hydrogens (primary N) is 1. The Bertz CT molecular complexity index is 1120. The standard InChI is InChI=1S/C22H25N3O/c1-14-17-7-9-24-13-15(17)11-19-18-12-16(26-10-8-22(2,3)23)5-6-20(18)25(4)21(14)19/h5-7,9,11-13H,8,10,23H2,1-4H3. The molecule has 26 heavy (non-hydrogen) atoms. The van der Waals surface area contributed by atoms with Crippen molar-refractivity contribution in [3.63, 3.8) is 0 Å². The largest absolute Gasteiger partial charge is 0.494 e.